The molecule has 1 heterocycles. The molecule has 1 fully saturated rings. The van der Waals surface area contributed by atoms with E-state index in [1.165, 1.54) is 18.2 Å². The third-order valence-electron chi connectivity index (χ3n) is 3.38. The highest BCUT2D eigenvalue weighted by atomic mass is 16.6. The van der Waals surface area contributed by atoms with Gasteiger partial charge in [-0.25, -0.2) is 0 Å². The first-order valence-electron chi connectivity index (χ1n) is 6.94. The Morgan fingerprint density at radius 1 is 1.50 bits per heavy atom. The molecule has 0 spiro atoms. The fourth-order valence-corrected chi connectivity index (χ4v) is 2.18. The number of amides is 1. The third-order valence-corrected chi connectivity index (χ3v) is 3.38. The van der Waals surface area contributed by atoms with Crippen LogP contribution in [0.4, 0.5) is 5.69 Å². The predicted molar refractivity (Wildman–Crippen MR) is 76.5 cm³/mol. The first-order valence-corrected chi connectivity index (χ1v) is 6.94. The van der Waals surface area contributed by atoms with Gasteiger partial charge in [-0.05, 0) is 24.6 Å². The van der Waals surface area contributed by atoms with Crippen molar-refractivity contribution in [1.29, 1.82) is 0 Å². The van der Waals surface area contributed by atoms with E-state index >= 15 is 0 Å². The van der Waals surface area contributed by atoms with Gasteiger partial charge in [-0.2, -0.15) is 0 Å². The van der Waals surface area contributed by atoms with Gasteiger partial charge in [0.2, 0.25) is 0 Å². The molecule has 1 amide bonds. The van der Waals surface area contributed by atoms with Crippen molar-refractivity contribution in [3.63, 3.8) is 0 Å². The zero-order valence-corrected chi connectivity index (χ0v) is 12.2. The van der Waals surface area contributed by atoms with Crippen molar-refractivity contribution in [3.8, 4) is 5.75 Å². The van der Waals surface area contributed by atoms with Gasteiger partial charge in [-0.15, -0.1) is 0 Å². The fraction of sp³-hybridized carbons (Fsp3) is 0.500. The molecule has 8 heteroatoms. The minimum absolute atomic E-state index is 0.0225. The Balaban J connectivity index is 2.14. The van der Waals surface area contributed by atoms with Crippen molar-refractivity contribution in [2.45, 2.75) is 19.6 Å². The molecule has 2 rings (SSSR count). The highest BCUT2D eigenvalue weighted by Crippen LogP contribution is 2.29. The minimum Gasteiger partial charge on any atom is -0.474 e. The van der Waals surface area contributed by atoms with Crippen molar-refractivity contribution in [2.75, 3.05) is 26.3 Å². The van der Waals surface area contributed by atoms with Gasteiger partial charge < -0.3 is 19.5 Å². The summed E-state index contributed by atoms with van der Waals surface area (Å²) in [4.78, 5) is 24.3. The van der Waals surface area contributed by atoms with Crippen molar-refractivity contribution in [1.82, 2.24) is 4.90 Å². The lowest BCUT2D eigenvalue weighted by molar-refractivity contribution is -0.386. The normalized spacial score (nSPS) is 16.2. The van der Waals surface area contributed by atoms with Gasteiger partial charge in [-0.3, -0.25) is 14.9 Å². The molecule has 1 aliphatic heterocycles. The van der Waals surface area contributed by atoms with Crippen molar-refractivity contribution in [3.05, 3.63) is 33.9 Å². The summed E-state index contributed by atoms with van der Waals surface area (Å²) in [5.41, 5.74) is 0.241. The highest BCUT2D eigenvalue weighted by molar-refractivity contribution is 5.81. The van der Waals surface area contributed by atoms with E-state index in [0.29, 0.717) is 31.9 Å². The van der Waals surface area contributed by atoms with Crippen LogP contribution >= 0.6 is 0 Å². The second-order valence-electron chi connectivity index (χ2n) is 4.92. The number of nitrogens with zero attached hydrogens (tertiary/aromatic N) is 2. The van der Waals surface area contributed by atoms with E-state index in [0.717, 1.165) is 0 Å². The Morgan fingerprint density at radius 2 is 2.18 bits per heavy atom. The molecule has 1 N–H and O–H groups in total. The molecule has 1 unspecified atom stereocenters. The van der Waals surface area contributed by atoms with Crippen LogP contribution < -0.4 is 4.74 Å². The number of hydrogen-bond acceptors (Lipinski definition) is 6. The summed E-state index contributed by atoms with van der Waals surface area (Å²) in [5, 5.41) is 20.1. The summed E-state index contributed by atoms with van der Waals surface area (Å²) < 4.78 is 10.7. The zero-order valence-electron chi connectivity index (χ0n) is 12.2. The molecule has 0 aromatic heterocycles. The van der Waals surface area contributed by atoms with Crippen LogP contribution in [0.15, 0.2) is 18.2 Å². The summed E-state index contributed by atoms with van der Waals surface area (Å²) in [6.45, 7) is 3.18. The standard InChI is InChI=1S/C14H18N2O6/c1-10(14(18)15-4-6-21-7-5-15)22-13-8-11(9-17)2-3-12(13)16(19)20/h2-3,8,10,17H,4-7,9H2,1H3. The van der Waals surface area contributed by atoms with E-state index in [9.17, 15) is 14.9 Å². The molecule has 0 aliphatic carbocycles. The van der Waals surface area contributed by atoms with Crippen molar-refractivity contribution in [2.24, 2.45) is 0 Å². The molecule has 1 aromatic rings. The van der Waals surface area contributed by atoms with Crippen LogP contribution in [-0.4, -0.2) is 53.2 Å². The Morgan fingerprint density at radius 3 is 2.77 bits per heavy atom. The third kappa shape index (κ3) is 3.71. The van der Waals surface area contributed by atoms with Gasteiger partial charge in [0.15, 0.2) is 11.9 Å². The number of nitro groups is 1. The van der Waals surface area contributed by atoms with E-state index in [2.05, 4.69) is 0 Å². The second kappa shape index (κ2) is 7.19. The van der Waals surface area contributed by atoms with E-state index in [1.54, 1.807) is 11.8 Å². The molecule has 0 bridgehead atoms. The lowest BCUT2D eigenvalue weighted by atomic mass is 10.2. The maximum Gasteiger partial charge on any atom is 0.310 e. The van der Waals surface area contributed by atoms with Crippen LogP contribution in [0.5, 0.6) is 5.75 Å². The summed E-state index contributed by atoms with van der Waals surface area (Å²) in [6.07, 6.45) is -0.856. The summed E-state index contributed by atoms with van der Waals surface area (Å²) in [7, 11) is 0. The monoisotopic (exact) mass is 310 g/mol. The number of benzene rings is 1. The fourth-order valence-electron chi connectivity index (χ4n) is 2.18. The summed E-state index contributed by atoms with van der Waals surface area (Å²) in [5.74, 6) is -0.266. The number of rotatable bonds is 5. The van der Waals surface area contributed by atoms with Crippen LogP contribution in [0.1, 0.15) is 12.5 Å². The Labute approximate surface area is 127 Å². The summed E-state index contributed by atoms with van der Waals surface area (Å²) in [6, 6.07) is 4.08. The number of carbonyl (C=O) groups excluding carboxylic acids is 1. The Kier molecular flexibility index (Phi) is 5.29. The number of aliphatic hydroxyl groups is 1. The average molecular weight is 310 g/mol. The van der Waals surface area contributed by atoms with Gasteiger partial charge >= 0.3 is 5.69 Å². The molecule has 0 radical (unpaired) electrons. The molecule has 0 saturated carbocycles. The molecule has 8 nitrogen and oxygen atoms in total. The Hall–Kier alpha value is -2.19. The van der Waals surface area contributed by atoms with Gasteiger partial charge in [0, 0.05) is 19.2 Å². The topological polar surface area (TPSA) is 102 Å². The van der Waals surface area contributed by atoms with Gasteiger partial charge in [-0.1, -0.05) is 0 Å². The van der Waals surface area contributed by atoms with Crippen LogP contribution in [-0.2, 0) is 16.1 Å². The van der Waals surface area contributed by atoms with Gasteiger partial charge in [0.1, 0.15) is 0 Å². The van der Waals surface area contributed by atoms with Crippen molar-refractivity contribution < 1.29 is 24.3 Å². The van der Waals surface area contributed by atoms with E-state index in [1.807, 2.05) is 0 Å². The largest absolute Gasteiger partial charge is 0.474 e. The number of hydrogen-bond donors (Lipinski definition) is 1. The maximum atomic E-state index is 12.3. The van der Waals surface area contributed by atoms with Gasteiger partial charge in [0.05, 0.1) is 24.7 Å². The van der Waals surface area contributed by atoms with Crippen LogP contribution in [0, 0.1) is 10.1 Å². The van der Waals surface area contributed by atoms with E-state index in [-0.39, 0.29) is 24.0 Å². The SMILES string of the molecule is CC(Oc1cc(CO)ccc1[N+](=O)[O-])C(=O)N1CCOCC1. The maximum absolute atomic E-state index is 12.3. The average Bonchev–Trinajstić information content (AvgIpc) is 2.54. The first-order chi connectivity index (χ1) is 10.5. The molecule has 1 aliphatic rings. The molecular weight excluding hydrogens is 292 g/mol. The molecular formula is C14H18N2O6. The Bertz CT molecular complexity index is 556. The smallest absolute Gasteiger partial charge is 0.310 e. The number of ether oxygens (including phenoxy) is 2. The summed E-state index contributed by atoms with van der Waals surface area (Å²) >= 11 is 0. The zero-order chi connectivity index (χ0) is 16.1. The van der Waals surface area contributed by atoms with Crippen molar-refractivity contribution >= 4 is 11.6 Å². The molecule has 1 saturated heterocycles. The van der Waals surface area contributed by atoms with Crippen LogP contribution in [0.25, 0.3) is 0 Å². The highest BCUT2D eigenvalue weighted by Gasteiger charge is 2.26. The number of aliphatic hydroxyl groups excluding tert-OH is 1. The van der Waals surface area contributed by atoms with Gasteiger partial charge in [0.25, 0.3) is 5.91 Å². The molecule has 1 aromatic carbocycles. The molecule has 22 heavy (non-hydrogen) atoms. The second-order valence-corrected chi connectivity index (χ2v) is 4.92. The molecule has 1 atom stereocenters. The lowest BCUT2D eigenvalue weighted by Crippen LogP contribution is -2.46. The van der Waals surface area contributed by atoms with Crippen LogP contribution in [0.3, 0.4) is 0 Å². The van der Waals surface area contributed by atoms with E-state index in [4.69, 9.17) is 14.6 Å². The quantitative estimate of drug-likeness (QED) is 0.635. The minimum atomic E-state index is -0.856. The molecule has 120 valence electrons. The first kappa shape index (κ1) is 16.2. The van der Waals surface area contributed by atoms with Crippen LogP contribution in [0.2, 0.25) is 0 Å². The number of morpholine rings is 1. The number of nitro benzene ring substituents is 1. The number of carbonyl (C=O) groups is 1. The predicted octanol–water partition coefficient (Wildman–Crippen LogP) is 0.713. The van der Waals surface area contributed by atoms with E-state index < -0.39 is 11.0 Å². The lowest BCUT2D eigenvalue weighted by Gasteiger charge is -2.29.